The quantitative estimate of drug-likeness (QED) is 0.347. The largest absolute Gasteiger partial charge is 0.356 e. The van der Waals surface area contributed by atoms with E-state index in [2.05, 4.69) is 15.6 Å². The van der Waals surface area contributed by atoms with Gasteiger partial charge in [-0.2, -0.15) is 0 Å². The van der Waals surface area contributed by atoms with E-state index in [1.807, 2.05) is 24.3 Å². The fraction of sp³-hybridized carbons (Fsp3) is 0.588. The summed E-state index contributed by atoms with van der Waals surface area (Å²) in [5.74, 6) is 1.24. The number of hydrogen-bond donors (Lipinski definition) is 2. The smallest absolute Gasteiger partial charge is 0.211 e. The molecule has 0 atom stereocenters. The van der Waals surface area contributed by atoms with Crippen molar-refractivity contribution in [2.24, 2.45) is 10.9 Å². The van der Waals surface area contributed by atoms with Crippen LogP contribution in [0.1, 0.15) is 18.4 Å². The van der Waals surface area contributed by atoms with Gasteiger partial charge >= 0.3 is 0 Å². The molecule has 0 spiro atoms. The van der Waals surface area contributed by atoms with Gasteiger partial charge in [-0.25, -0.2) is 12.7 Å². The van der Waals surface area contributed by atoms with Crippen LogP contribution in [0.3, 0.4) is 0 Å². The predicted octanol–water partition coefficient (Wildman–Crippen LogP) is 2.34. The average Bonchev–Trinajstić information content (AvgIpc) is 2.59. The first-order chi connectivity index (χ1) is 11.9. The molecule has 26 heavy (non-hydrogen) atoms. The Morgan fingerprint density at radius 3 is 2.38 bits per heavy atom. The van der Waals surface area contributed by atoms with E-state index in [9.17, 15) is 8.42 Å². The van der Waals surface area contributed by atoms with Crippen molar-refractivity contribution in [2.75, 3.05) is 39.5 Å². The van der Waals surface area contributed by atoms with Crippen LogP contribution in [0.15, 0.2) is 29.3 Å². The molecule has 2 rings (SSSR count). The molecule has 0 amide bonds. The summed E-state index contributed by atoms with van der Waals surface area (Å²) in [7, 11) is -1.30. The molecule has 1 saturated heterocycles. The molecule has 0 aromatic heterocycles. The first-order valence-electron chi connectivity index (χ1n) is 8.52. The van der Waals surface area contributed by atoms with Crippen molar-refractivity contribution >= 4 is 51.6 Å². The van der Waals surface area contributed by atoms with E-state index in [4.69, 9.17) is 11.6 Å². The van der Waals surface area contributed by atoms with E-state index in [0.717, 1.165) is 43.3 Å². The molecular weight excluding hydrogens is 487 g/mol. The highest BCUT2D eigenvalue weighted by atomic mass is 127. The Labute approximate surface area is 178 Å². The van der Waals surface area contributed by atoms with Crippen molar-refractivity contribution in [3.05, 3.63) is 34.9 Å². The van der Waals surface area contributed by atoms with Crippen molar-refractivity contribution in [3.8, 4) is 0 Å². The van der Waals surface area contributed by atoms with Crippen LogP contribution in [0.25, 0.3) is 0 Å². The maximum absolute atomic E-state index is 11.5. The van der Waals surface area contributed by atoms with E-state index in [-0.39, 0.29) is 24.0 Å². The normalized spacial score (nSPS) is 16.8. The average molecular weight is 515 g/mol. The lowest BCUT2D eigenvalue weighted by Gasteiger charge is -2.30. The van der Waals surface area contributed by atoms with Gasteiger partial charge in [0.15, 0.2) is 5.96 Å². The molecule has 0 aliphatic carbocycles. The van der Waals surface area contributed by atoms with Gasteiger partial charge in [-0.05, 0) is 42.9 Å². The molecule has 0 bridgehead atoms. The minimum Gasteiger partial charge on any atom is -0.356 e. The highest BCUT2D eigenvalue weighted by Gasteiger charge is 2.24. The molecule has 0 unspecified atom stereocenters. The van der Waals surface area contributed by atoms with E-state index < -0.39 is 10.0 Å². The van der Waals surface area contributed by atoms with Crippen molar-refractivity contribution in [3.63, 3.8) is 0 Å². The summed E-state index contributed by atoms with van der Waals surface area (Å²) >= 11 is 5.89. The SMILES string of the molecule is CN=C(NCCc1ccc(Cl)cc1)NCC1CCN(S(C)(=O)=O)CC1.I. The fourth-order valence-corrected chi connectivity index (χ4v) is 3.88. The standard InChI is InChI=1S/C17H27ClN4O2S.HI/c1-19-17(20-10-7-14-3-5-16(18)6-4-14)21-13-15-8-11-22(12-9-15)25(2,23)24;/h3-6,15H,7-13H2,1-2H3,(H2,19,20,21);1H. The number of hydrogen-bond acceptors (Lipinski definition) is 3. The van der Waals surface area contributed by atoms with Crippen LogP contribution in [0, 0.1) is 5.92 Å². The van der Waals surface area contributed by atoms with E-state index in [1.165, 1.54) is 11.8 Å². The Morgan fingerprint density at radius 2 is 1.85 bits per heavy atom. The third-order valence-corrected chi connectivity index (χ3v) is 6.00. The predicted molar refractivity (Wildman–Crippen MR) is 119 cm³/mol. The molecule has 1 fully saturated rings. The summed E-state index contributed by atoms with van der Waals surface area (Å²) in [6.07, 6.45) is 3.92. The molecule has 2 N–H and O–H groups in total. The zero-order valence-electron chi connectivity index (χ0n) is 15.2. The highest BCUT2D eigenvalue weighted by molar-refractivity contribution is 14.0. The Balaban J connectivity index is 0.00000338. The summed E-state index contributed by atoms with van der Waals surface area (Å²) in [5.41, 5.74) is 1.22. The minimum atomic E-state index is -3.06. The number of aliphatic imine (C=N–C) groups is 1. The lowest BCUT2D eigenvalue weighted by molar-refractivity contribution is 0.275. The summed E-state index contributed by atoms with van der Waals surface area (Å²) in [6.45, 7) is 2.80. The topological polar surface area (TPSA) is 73.8 Å². The number of nitrogens with one attached hydrogen (secondary N) is 2. The van der Waals surface area contributed by atoms with Crippen LogP contribution in [0.4, 0.5) is 0 Å². The van der Waals surface area contributed by atoms with Gasteiger partial charge in [0.05, 0.1) is 6.26 Å². The number of rotatable bonds is 6. The third-order valence-electron chi connectivity index (χ3n) is 4.44. The van der Waals surface area contributed by atoms with Crippen LogP contribution in [-0.2, 0) is 16.4 Å². The van der Waals surface area contributed by atoms with Crippen LogP contribution < -0.4 is 10.6 Å². The molecule has 0 radical (unpaired) electrons. The molecule has 1 heterocycles. The monoisotopic (exact) mass is 514 g/mol. The Hall–Kier alpha value is -0.580. The lowest BCUT2D eigenvalue weighted by Crippen LogP contribution is -2.44. The summed E-state index contributed by atoms with van der Waals surface area (Å²) in [4.78, 5) is 4.24. The first-order valence-corrected chi connectivity index (χ1v) is 10.7. The summed E-state index contributed by atoms with van der Waals surface area (Å²) < 4.78 is 24.6. The molecule has 1 aromatic carbocycles. The van der Waals surface area contributed by atoms with Crippen molar-refractivity contribution in [2.45, 2.75) is 19.3 Å². The summed E-state index contributed by atoms with van der Waals surface area (Å²) in [6, 6.07) is 7.84. The van der Waals surface area contributed by atoms with Gasteiger partial charge in [0.1, 0.15) is 0 Å². The van der Waals surface area contributed by atoms with Crippen LogP contribution in [0.2, 0.25) is 5.02 Å². The number of guanidine groups is 1. The van der Waals surface area contributed by atoms with Gasteiger partial charge in [0.2, 0.25) is 10.0 Å². The first kappa shape index (κ1) is 23.5. The maximum Gasteiger partial charge on any atom is 0.211 e. The zero-order valence-corrected chi connectivity index (χ0v) is 19.1. The van der Waals surface area contributed by atoms with Gasteiger partial charge < -0.3 is 10.6 Å². The third kappa shape index (κ3) is 7.98. The fourth-order valence-electron chi connectivity index (χ4n) is 2.88. The molecule has 1 aliphatic rings. The lowest BCUT2D eigenvalue weighted by atomic mass is 9.98. The second-order valence-corrected chi connectivity index (χ2v) is 8.78. The molecule has 6 nitrogen and oxygen atoms in total. The minimum absolute atomic E-state index is 0. The van der Waals surface area contributed by atoms with Crippen LogP contribution >= 0.6 is 35.6 Å². The van der Waals surface area contributed by atoms with E-state index in [0.29, 0.717) is 19.0 Å². The number of nitrogens with zero attached hydrogens (tertiary/aromatic N) is 2. The second kappa shape index (κ2) is 11.3. The Morgan fingerprint density at radius 1 is 1.23 bits per heavy atom. The van der Waals surface area contributed by atoms with Crippen molar-refractivity contribution in [1.29, 1.82) is 0 Å². The number of piperidine rings is 1. The van der Waals surface area contributed by atoms with Crippen molar-refractivity contribution in [1.82, 2.24) is 14.9 Å². The van der Waals surface area contributed by atoms with Crippen LogP contribution in [-0.4, -0.2) is 58.2 Å². The molecule has 1 aliphatic heterocycles. The van der Waals surface area contributed by atoms with Gasteiger partial charge in [0, 0.05) is 38.2 Å². The number of halogens is 2. The van der Waals surface area contributed by atoms with E-state index >= 15 is 0 Å². The highest BCUT2D eigenvalue weighted by Crippen LogP contribution is 2.18. The molecular formula is C17H28ClIN4O2S. The van der Waals surface area contributed by atoms with Crippen LogP contribution in [0.5, 0.6) is 0 Å². The zero-order chi connectivity index (χ0) is 18.3. The van der Waals surface area contributed by atoms with Crippen molar-refractivity contribution < 1.29 is 8.42 Å². The van der Waals surface area contributed by atoms with Gasteiger partial charge in [0.25, 0.3) is 0 Å². The number of sulfonamides is 1. The molecule has 9 heteroatoms. The van der Waals surface area contributed by atoms with Gasteiger partial charge in [-0.1, -0.05) is 23.7 Å². The maximum atomic E-state index is 11.5. The molecule has 148 valence electrons. The molecule has 0 saturated carbocycles. The number of benzene rings is 1. The summed E-state index contributed by atoms with van der Waals surface area (Å²) in [5, 5.41) is 7.39. The van der Waals surface area contributed by atoms with E-state index in [1.54, 1.807) is 11.4 Å². The Kier molecular flexibility index (Phi) is 10.2. The molecule has 1 aromatic rings. The second-order valence-electron chi connectivity index (χ2n) is 6.36. The Bertz CT molecular complexity index is 675. The van der Waals surface area contributed by atoms with Gasteiger partial charge in [-0.15, -0.1) is 24.0 Å². The van der Waals surface area contributed by atoms with Gasteiger partial charge in [-0.3, -0.25) is 4.99 Å².